The van der Waals surface area contributed by atoms with Gasteiger partial charge in [-0.1, -0.05) is 0 Å². The summed E-state index contributed by atoms with van der Waals surface area (Å²) < 4.78 is 32.4. The van der Waals surface area contributed by atoms with Crippen molar-refractivity contribution in [3.05, 3.63) is 0 Å². The standard InChI is InChI=1S/C2H10N3O3PS/c1-2(5-10(7)8)9(3,4)6/h2,5H,1H3,(H,7,8)(H4,3,4,6)/p-1. The van der Waals surface area contributed by atoms with Gasteiger partial charge in [0.1, 0.15) is 0 Å². The summed E-state index contributed by atoms with van der Waals surface area (Å²) in [7, 11) is -3.31. The summed E-state index contributed by atoms with van der Waals surface area (Å²) in [6, 6.07) is 0. The summed E-state index contributed by atoms with van der Waals surface area (Å²) in [6.07, 6.45) is 0. The molecule has 0 aromatic heterocycles. The highest BCUT2D eigenvalue weighted by atomic mass is 32.2. The topological polar surface area (TPSA) is 121 Å². The van der Waals surface area contributed by atoms with Crippen LogP contribution in [0.4, 0.5) is 0 Å². The third-order valence-corrected chi connectivity index (χ3v) is 2.93. The van der Waals surface area contributed by atoms with Crippen LogP contribution < -0.4 is 15.7 Å². The molecule has 0 aliphatic carbocycles. The molecule has 0 aromatic rings. The van der Waals surface area contributed by atoms with Gasteiger partial charge >= 0.3 is 0 Å². The number of nitrogens with two attached hydrogens (primary N) is 2. The number of hydrogen-bond acceptors (Lipinski definition) is 3. The maximum Gasteiger partial charge on any atom is 0.223 e. The van der Waals surface area contributed by atoms with Crippen LogP contribution in [-0.4, -0.2) is 14.5 Å². The first kappa shape index (κ1) is 10.2. The molecular weight excluding hydrogens is 177 g/mol. The molecule has 10 heavy (non-hydrogen) atoms. The molecule has 0 rings (SSSR count). The molecule has 62 valence electrons. The lowest BCUT2D eigenvalue weighted by Crippen LogP contribution is -2.33. The lowest BCUT2D eigenvalue weighted by atomic mass is 10.8. The second-order valence-corrected chi connectivity index (χ2v) is 4.80. The second-order valence-electron chi connectivity index (χ2n) is 1.79. The van der Waals surface area contributed by atoms with E-state index in [0.29, 0.717) is 0 Å². The molecule has 6 nitrogen and oxygen atoms in total. The summed E-state index contributed by atoms with van der Waals surface area (Å²) in [6.45, 7) is 1.33. The van der Waals surface area contributed by atoms with E-state index in [1.165, 1.54) is 6.92 Å². The van der Waals surface area contributed by atoms with Gasteiger partial charge in [0.25, 0.3) is 0 Å². The molecule has 0 amide bonds. The highest BCUT2D eigenvalue weighted by Gasteiger charge is 2.18. The predicted molar refractivity (Wildman–Crippen MR) is 37.5 cm³/mol. The Balaban J connectivity index is 3.98. The first-order valence-electron chi connectivity index (χ1n) is 2.36. The summed E-state index contributed by atoms with van der Waals surface area (Å²) in [4.78, 5) is 0. The van der Waals surface area contributed by atoms with Crippen molar-refractivity contribution >= 4 is 18.7 Å². The van der Waals surface area contributed by atoms with Crippen molar-refractivity contribution in [2.75, 3.05) is 0 Å². The van der Waals surface area contributed by atoms with Crippen LogP contribution in [0.2, 0.25) is 0 Å². The van der Waals surface area contributed by atoms with E-state index in [2.05, 4.69) is 0 Å². The third kappa shape index (κ3) is 4.10. The number of hydrogen-bond donors (Lipinski definition) is 3. The van der Waals surface area contributed by atoms with Crippen molar-refractivity contribution in [2.24, 2.45) is 11.0 Å². The minimum absolute atomic E-state index is 0.911. The van der Waals surface area contributed by atoms with Crippen LogP contribution in [0.25, 0.3) is 0 Å². The van der Waals surface area contributed by atoms with Crippen molar-refractivity contribution < 1.29 is 13.3 Å². The minimum Gasteiger partial charge on any atom is -0.760 e. The highest BCUT2D eigenvalue weighted by Crippen LogP contribution is 2.29. The van der Waals surface area contributed by atoms with E-state index < -0.39 is 24.5 Å². The van der Waals surface area contributed by atoms with Crippen LogP contribution in [-0.2, 0) is 15.8 Å². The van der Waals surface area contributed by atoms with Gasteiger partial charge in [-0.2, -0.15) is 0 Å². The van der Waals surface area contributed by atoms with Crippen molar-refractivity contribution in [2.45, 2.75) is 12.7 Å². The molecule has 0 spiro atoms. The molecule has 0 radical (unpaired) electrons. The van der Waals surface area contributed by atoms with E-state index in [0.717, 1.165) is 0 Å². The second kappa shape index (κ2) is 3.56. The SMILES string of the molecule is CC(NS(=O)[O-])P(N)(N)=O. The van der Waals surface area contributed by atoms with E-state index >= 15 is 0 Å². The molecule has 8 heteroatoms. The average Bonchev–Trinajstić information content (AvgIpc) is 1.60. The summed E-state index contributed by atoms with van der Waals surface area (Å²) >= 11 is -2.47. The molecule has 0 aliphatic rings. The van der Waals surface area contributed by atoms with E-state index in [9.17, 15) is 13.3 Å². The molecule has 0 bridgehead atoms. The smallest absolute Gasteiger partial charge is 0.223 e. The molecule has 5 N–H and O–H groups in total. The van der Waals surface area contributed by atoms with Crippen LogP contribution in [0, 0.1) is 0 Å². The molecule has 2 atom stereocenters. The summed E-state index contributed by atoms with van der Waals surface area (Å²) in [5.74, 6) is -0.911. The molecule has 0 saturated carbocycles. The first-order chi connectivity index (χ1) is 4.34. The first-order valence-corrected chi connectivity index (χ1v) is 5.35. The normalized spacial score (nSPS) is 18.4. The lowest BCUT2D eigenvalue weighted by molar-refractivity contribution is 0.515. The zero-order chi connectivity index (χ0) is 8.36. The fourth-order valence-electron chi connectivity index (χ4n) is 0.222. The van der Waals surface area contributed by atoms with Crippen LogP contribution in [0.15, 0.2) is 0 Å². The molecule has 0 aliphatic heterocycles. The van der Waals surface area contributed by atoms with Crippen molar-refractivity contribution in [3.8, 4) is 0 Å². The van der Waals surface area contributed by atoms with E-state index in [-0.39, 0.29) is 0 Å². The van der Waals surface area contributed by atoms with Gasteiger partial charge in [-0.3, -0.25) is 19.8 Å². The maximum atomic E-state index is 10.7. The Kier molecular flexibility index (Phi) is 3.64. The lowest BCUT2D eigenvalue weighted by Gasteiger charge is -2.18. The van der Waals surface area contributed by atoms with Crippen molar-refractivity contribution in [1.29, 1.82) is 0 Å². The minimum atomic E-state index is -3.31. The Morgan fingerprint density at radius 1 is 1.70 bits per heavy atom. The Labute approximate surface area is 61.2 Å². The van der Waals surface area contributed by atoms with Gasteiger partial charge < -0.3 is 4.55 Å². The zero-order valence-corrected chi connectivity index (χ0v) is 7.02. The maximum absolute atomic E-state index is 10.7. The Hall–Kier alpha value is 0.220. The summed E-state index contributed by atoms with van der Waals surface area (Å²) in [5, 5.41) is 0. The van der Waals surface area contributed by atoms with Crippen molar-refractivity contribution in [3.63, 3.8) is 0 Å². The van der Waals surface area contributed by atoms with Crippen LogP contribution in [0.5, 0.6) is 0 Å². The quantitative estimate of drug-likeness (QED) is 0.378. The molecule has 0 heterocycles. The Morgan fingerprint density at radius 3 is 2.20 bits per heavy atom. The number of rotatable bonds is 3. The number of nitrogens with one attached hydrogen (secondary N) is 1. The van der Waals surface area contributed by atoms with Crippen LogP contribution in [0.3, 0.4) is 0 Å². The van der Waals surface area contributed by atoms with Gasteiger partial charge in [-0.05, 0) is 6.92 Å². The fraction of sp³-hybridized carbons (Fsp3) is 1.00. The van der Waals surface area contributed by atoms with E-state index in [1.807, 2.05) is 4.72 Å². The highest BCUT2D eigenvalue weighted by molar-refractivity contribution is 7.77. The van der Waals surface area contributed by atoms with E-state index in [1.54, 1.807) is 0 Å². The van der Waals surface area contributed by atoms with Crippen LogP contribution >= 0.6 is 7.44 Å². The Morgan fingerprint density at radius 2 is 2.10 bits per heavy atom. The van der Waals surface area contributed by atoms with Gasteiger partial charge in [0.2, 0.25) is 7.44 Å². The molecule has 2 unspecified atom stereocenters. The van der Waals surface area contributed by atoms with Gasteiger partial charge in [0.05, 0.1) is 5.78 Å². The van der Waals surface area contributed by atoms with Gasteiger partial charge in [-0.25, -0.2) is 4.72 Å². The van der Waals surface area contributed by atoms with Crippen LogP contribution in [0.1, 0.15) is 6.92 Å². The molecular formula is C2H9N3O3PS-. The molecule has 0 saturated heterocycles. The van der Waals surface area contributed by atoms with Gasteiger partial charge in [-0.15, -0.1) is 0 Å². The van der Waals surface area contributed by atoms with Gasteiger partial charge in [0.15, 0.2) is 0 Å². The largest absolute Gasteiger partial charge is 0.760 e. The van der Waals surface area contributed by atoms with E-state index in [4.69, 9.17) is 11.0 Å². The van der Waals surface area contributed by atoms with Gasteiger partial charge in [0, 0.05) is 11.3 Å². The fourth-order valence-corrected chi connectivity index (χ4v) is 1.42. The Bertz CT molecular complexity index is 179. The third-order valence-electron chi connectivity index (χ3n) is 0.872. The average molecular weight is 186 g/mol. The summed E-state index contributed by atoms with van der Waals surface area (Å²) in [5.41, 5.74) is 9.85. The predicted octanol–water partition coefficient (Wildman–Crippen LogP) is -1.17. The zero-order valence-electron chi connectivity index (χ0n) is 5.31. The molecule has 0 aromatic carbocycles. The monoisotopic (exact) mass is 186 g/mol. The molecule has 0 fully saturated rings. The van der Waals surface area contributed by atoms with Crippen molar-refractivity contribution in [1.82, 2.24) is 4.72 Å².